The van der Waals surface area contributed by atoms with Crippen LogP contribution >= 0.6 is 11.3 Å². The van der Waals surface area contributed by atoms with Gasteiger partial charge in [-0.3, -0.25) is 4.90 Å². The quantitative estimate of drug-likeness (QED) is 0.870. The lowest BCUT2D eigenvalue weighted by molar-refractivity contribution is 0.103. The van der Waals surface area contributed by atoms with Gasteiger partial charge in [0.15, 0.2) is 0 Å². The first kappa shape index (κ1) is 12.0. The minimum absolute atomic E-state index is 0.229. The number of nitrogens with one attached hydrogen (secondary N) is 1. The highest BCUT2D eigenvalue weighted by Gasteiger charge is 2.28. The van der Waals surface area contributed by atoms with E-state index in [0.29, 0.717) is 0 Å². The number of rotatable bonds is 3. The SMILES string of the molecule is Cc1csc(CC(C)(C)N2CCNCC2)n1. The van der Waals surface area contributed by atoms with Crippen LogP contribution in [0.2, 0.25) is 0 Å². The van der Waals surface area contributed by atoms with Crippen LogP contribution < -0.4 is 5.32 Å². The van der Waals surface area contributed by atoms with E-state index in [1.54, 1.807) is 11.3 Å². The molecule has 0 aliphatic carbocycles. The minimum atomic E-state index is 0.229. The molecule has 0 bridgehead atoms. The summed E-state index contributed by atoms with van der Waals surface area (Å²) in [6.07, 6.45) is 1.06. The van der Waals surface area contributed by atoms with Gasteiger partial charge in [-0.15, -0.1) is 11.3 Å². The number of aromatic nitrogens is 1. The average molecular weight is 239 g/mol. The van der Waals surface area contributed by atoms with Crippen molar-refractivity contribution in [2.75, 3.05) is 26.2 Å². The minimum Gasteiger partial charge on any atom is -0.314 e. The van der Waals surface area contributed by atoms with E-state index >= 15 is 0 Å². The van der Waals surface area contributed by atoms with E-state index in [9.17, 15) is 0 Å². The standard InChI is InChI=1S/C12H21N3S/c1-10-9-16-11(14-10)8-12(2,3)15-6-4-13-5-7-15/h9,13H,4-8H2,1-3H3. The lowest BCUT2D eigenvalue weighted by Gasteiger charge is -2.40. The van der Waals surface area contributed by atoms with Gasteiger partial charge in [0.2, 0.25) is 0 Å². The van der Waals surface area contributed by atoms with Gasteiger partial charge in [0.25, 0.3) is 0 Å². The maximum absolute atomic E-state index is 4.57. The molecule has 0 spiro atoms. The maximum Gasteiger partial charge on any atom is 0.0946 e. The molecular weight excluding hydrogens is 218 g/mol. The van der Waals surface area contributed by atoms with Crippen molar-refractivity contribution in [3.8, 4) is 0 Å². The van der Waals surface area contributed by atoms with E-state index in [4.69, 9.17) is 0 Å². The van der Waals surface area contributed by atoms with E-state index in [0.717, 1.165) is 38.3 Å². The third-order valence-corrected chi connectivity index (χ3v) is 4.19. The number of aryl methyl sites for hydroxylation is 1. The van der Waals surface area contributed by atoms with Crippen molar-refractivity contribution in [3.05, 3.63) is 16.1 Å². The molecule has 1 aromatic rings. The van der Waals surface area contributed by atoms with Gasteiger partial charge in [0, 0.05) is 49.2 Å². The molecule has 1 fully saturated rings. The Morgan fingerprint density at radius 3 is 2.69 bits per heavy atom. The van der Waals surface area contributed by atoms with Crippen molar-refractivity contribution in [1.82, 2.24) is 15.2 Å². The first-order valence-electron chi connectivity index (χ1n) is 5.95. The summed E-state index contributed by atoms with van der Waals surface area (Å²) in [6, 6.07) is 0. The van der Waals surface area contributed by atoms with Crippen LogP contribution in [0.5, 0.6) is 0 Å². The summed E-state index contributed by atoms with van der Waals surface area (Å²) in [5, 5.41) is 6.81. The predicted molar refractivity (Wildman–Crippen MR) is 69.1 cm³/mol. The van der Waals surface area contributed by atoms with Gasteiger partial charge in [0.05, 0.1) is 5.01 Å². The number of thiazole rings is 1. The van der Waals surface area contributed by atoms with Gasteiger partial charge in [0.1, 0.15) is 0 Å². The van der Waals surface area contributed by atoms with Crippen molar-refractivity contribution < 1.29 is 0 Å². The highest BCUT2D eigenvalue weighted by Crippen LogP contribution is 2.22. The lowest BCUT2D eigenvalue weighted by Crippen LogP contribution is -2.54. The van der Waals surface area contributed by atoms with Crippen LogP contribution in [0.1, 0.15) is 24.5 Å². The van der Waals surface area contributed by atoms with E-state index < -0.39 is 0 Å². The summed E-state index contributed by atoms with van der Waals surface area (Å²) >= 11 is 1.79. The first-order chi connectivity index (χ1) is 7.58. The molecule has 0 aromatic carbocycles. The molecule has 1 N–H and O–H groups in total. The second-order valence-electron chi connectivity index (χ2n) is 5.11. The summed E-state index contributed by atoms with van der Waals surface area (Å²) in [5.41, 5.74) is 1.38. The molecule has 90 valence electrons. The third-order valence-electron chi connectivity index (χ3n) is 3.22. The van der Waals surface area contributed by atoms with Crippen LogP contribution in [0, 0.1) is 6.92 Å². The number of nitrogens with zero attached hydrogens (tertiary/aromatic N) is 2. The zero-order valence-corrected chi connectivity index (χ0v) is 11.2. The van der Waals surface area contributed by atoms with Crippen LogP contribution in [0.25, 0.3) is 0 Å². The highest BCUT2D eigenvalue weighted by molar-refractivity contribution is 7.09. The topological polar surface area (TPSA) is 28.2 Å². The first-order valence-corrected chi connectivity index (χ1v) is 6.83. The molecule has 0 saturated carbocycles. The molecule has 0 radical (unpaired) electrons. The van der Waals surface area contributed by atoms with E-state index in [1.165, 1.54) is 5.01 Å². The van der Waals surface area contributed by atoms with Crippen LogP contribution in [-0.4, -0.2) is 41.6 Å². The summed E-state index contributed by atoms with van der Waals surface area (Å²) < 4.78 is 0. The summed E-state index contributed by atoms with van der Waals surface area (Å²) in [5.74, 6) is 0. The molecule has 2 heterocycles. The van der Waals surface area contributed by atoms with Crippen molar-refractivity contribution >= 4 is 11.3 Å². The fourth-order valence-corrected chi connectivity index (χ4v) is 3.23. The largest absolute Gasteiger partial charge is 0.314 e. The van der Waals surface area contributed by atoms with Crippen molar-refractivity contribution in [2.24, 2.45) is 0 Å². The summed E-state index contributed by atoms with van der Waals surface area (Å²) in [4.78, 5) is 7.14. The van der Waals surface area contributed by atoms with E-state index in [2.05, 4.69) is 41.4 Å². The second kappa shape index (κ2) is 4.82. The van der Waals surface area contributed by atoms with Crippen LogP contribution in [0.3, 0.4) is 0 Å². The fraction of sp³-hybridized carbons (Fsp3) is 0.750. The number of hydrogen-bond donors (Lipinski definition) is 1. The predicted octanol–water partition coefficient (Wildman–Crippen LogP) is 1.68. The Morgan fingerprint density at radius 2 is 2.12 bits per heavy atom. The molecule has 2 rings (SSSR count). The van der Waals surface area contributed by atoms with Crippen LogP contribution in [0.4, 0.5) is 0 Å². The Bertz CT molecular complexity index is 340. The highest BCUT2D eigenvalue weighted by atomic mass is 32.1. The van der Waals surface area contributed by atoms with Crippen molar-refractivity contribution in [3.63, 3.8) is 0 Å². The van der Waals surface area contributed by atoms with Crippen LogP contribution in [0.15, 0.2) is 5.38 Å². The molecule has 4 heteroatoms. The summed E-state index contributed by atoms with van der Waals surface area (Å²) in [6.45, 7) is 11.2. The molecule has 1 aliphatic heterocycles. The Balaban J connectivity index is 2.00. The Labute approximate surface area is 102 Å². The molecule has 0 amide bonds. The van der Waals surface area contributed by atoms with Gasteiger partial charge in [-0.05, 0) is 20.8 Å². The second-order valence-corrected chi connectivity index (χ2v) is 6.05. The molecule has 0 unspecified atom stereocenters. The third kappa shape index (κ3) is 2.81. The summed E-state index contributed by atoms with van der Waals surface area (Å²) in [7, 11) is 0. The molecular formula is C12H21N3S. The van der Waals surface area contributed by atoms with Crippen molar-refractivity contribution in [1.29, 1.82) is 0 Å². The zero-order chi connectivity index (χ0) is 11.6. The number of piperazine rings is 1. The normalized spacial score (nSPS) is 18.9. The Morgan fingerprint density at radius 1 is 1.44 bits per heavy atom. The molecule has 1 aromatic heterocycles. The molecule has 1 aliphatic rings. The smallest absolute Gasteiger partial charge is 0.0946 e. The van der Waals surface area contributed by atoms with Gasteiger partial charge in [-0.1, -0.05) is 0 Å². The molecule has 16 heavy (non-hydrogen) atoms. The maximum atomic E-state index is 4.57. The lowest BCUT2D eigenvalue weighted by atomic mass is 9.97. The Kier molecular flexibility index (Phi) is 3.62. The number of hydrogen-bond acceptors (Lipinski definition) is 4. The zero-order valence-electron chi connectivity index (χ0n) is 10.4. The van der Waals surface area contributed by atoms with Crippen molar-refractivity contribution in [2.45, 2.75) is 32.7 Å². The fourth-order valence-electron chi connectivity index (χ4n) is 2.24. The molecule has 0 atom stereocenters. The van der Waals surface area contributed by atoms with Gasteiger partial charge in [-0.25, -0.2) is 4.98 Å². The Hall–Kier alpha value is -0.450. The van der Waals surface area contributed by atoms with Crippen LogP contribution in [-0.2, 0) is 6.42 Å². The van der Waals surface area contributed by atoms with Gasteiger partial charge in [-0.2, -0.15) is 0 Å². The average Bonchev–Trinajstić information content (AvgIpc) is 2.64. The monoisotopic (exact) mass is 239 g/mol. The van der Waals surface area contributed by atoms with E-state index in [1.807, 2.05) is 0 Å². The van der Waals surface area contributed by atoms with E-state index in [-0.39, 0.29) is 5.54 Å². The molecule has 1 saturated heterocycles. The van der Waals surface area contributed by atoms with Gasteiger partial charge >= 0.3 is 0 Å². The van der Waals surface area contributed by atoms with Gasteiger partial charge < -0.3 is 5.32 Å². The molecule has 3 nitrogen and oxygen atoms in total.